The molecule has 0 bridgehead atoms. The molecule has 1 aromatic rings. The normalized spacial score (nSPS) is 21.6. The van der Waals surface area contributed by atoms with Gasteiger partial charge in [-0.25, -0.2) is 14.4 Å². The fourth-order valence-electron chi connectivity index (χ4n) is 6.23. The Balaban J connectivity index is 1.44. The van der Waals surface area contributed by atoms with Gasteiger partial charge in [-0.15, -0.1) is 11.3 Å². The van der Waals surface area contributed by atoms with Gasteiger partial charge in [0, 0.05) is 56.4 Å². The number of hydrogen-bond donors (Lipinski definition) is 1. The second-order valence-corrected chi connectivity index (χ2v) is 16.1. The zero-order valence-electron chi connectivity index (χ0n) is 28.5. The lowest BCUT2D eigenvalue weighted by Gasteiger charge is -2.40. The number of amides is 3. The Labute approximate surface area is 277 Å². The Kier molecular flexibility index (Phi) is 11.3. The highest BCUT2D eigenvalue weighted by Gasteiger charge is 2.38. The monoisotopic (exact) mass is 657 g/mol. The van der Waals surface area contributed by atoms with Crippen LogP contribution >= 0.6 is 11.3 Å². The van der Waals surface area contributed by atoms with Crippen molar-refractivity contribution in [3.05, 3.63) is 15.8 Å². The van der Waals surface area contributed by atoms with Crippen molar-refractivity contribution in [2.75, 3.05) is 31.1 Å². The lowest BCUT2D eigenvalue weighted by Crippen LogP contribution is -2.51. The van der Waals surface area contributed by atoms with E-state index in [-0.39, 0.29) is 40.4 Å². The third kappa shape index (κ3) is 9.63. The largest absolute Gasteiger partial charge is 0.477 e. The summed E-state index contributed by atoms with van der Waals surface area (Å²) in [6, 6.07) is 1.52. The molecule has 3 amide bonds. The smallest absolute Gasteiger partial charge is 0.410 e. The van der Waals surface area contributed by atoms with E-state index >= 15 is 0 Å². The van der Waals surface area contributed by atoms with Crippen LogP contribution in [0.1, 0.15) is 114 Å². The van der Waals surface area contributed by atoms with Crippen LogP contribution in [-0.2, 0) is 14.3 Å². The second kappa shape index (κ2) is 14.7. The molecule has 10 nitrogen and oxygen atoms in total. The summed E-state index contributed by atoms with van der Waals surface area (Å²) in [7, 11) is 0. The summed E-state index contributed by atoms with van der Waals surface area (Å²) in [6.45, 7) is 15.4. The van der Waals surface area contributed by atoms with Crippen molar-refractivity contribution in [2.45, 2.75) is 118 Å². The number of likely N-dealkylation sites (tertiary alicyclic amines) is 2. The van der Waals surface area contributed by atoms with Gasteiger partial charge in [0.1, 0.15) is 16.6 Å². The first-order chi connectivity index (χ1) is 21.5. The molecule has 0 radical (unpaired) electrons. The fraction of sp³-hybridized carbons (Fsp3) is 0.714. The zero-order chi connectivity index (χ0) is 33.8. The predicted octanol–water partition coefficient (Wildman–Crippen LogP) is 7.00. The minimum Gasteiger partial charge on any atom is -0.477 e. The van der Waals surface area contributed by atoms with Crippen LogP contribution in [0, 0.1) is 29.1 Å². The average molecular weight is 658 g/mol. The highest BCUT2D eigenvalue weighted by Crippen LogP contribution is 2.38. The Hall–Kier alpha value is -3.26. The predicted molar refractivity (Wildman–Crippen MR) is 178 cm³/mol. The van der Waals surface area contributed by atoms with E-state index in [4.69, 9.17) is 9.47 Å². The molecule has 1 N–H and O–H groups in total. The Morgan fingerprint density at radius 1 is 0.870 bits per heavy atom. The SMILES string of the molecule is CC(C)(C)C#Cc1cc(N(C(=O)[C@H]2CC[C@H](C)CC2)C2CCN(C(=O)OC3CCN(C(=O)OC(C)(C)C)CC3)CC2)c(C(=O)O)s1. The summed E-state index contributed by atoms with van der Waals surface area (Å²) < 4.78 is 11.3. The van der Waals surface area contributed by atoms with Crippen LogP contribution in [0.25, 0.3) is 0 Å². The van der Waals surface area contributed by atoms with Gasteiger partial charge in [0.25, 0.3) is 0 Å². The number of thiophene rings is 1. The number of rotatable bonds is 5. The number of hydrogen-bond acceptors (Lipinski definition) is 7. The van der Waals surface area contributed by atoms with Crippen molar-refractivity contribution >= 4 is 41.1 Å². The molecule has 11 heteroatoms. The van der Waals surface area contributed by atoms with Crippen LogP contribution in [0.15, 0.2) is 6.07 Å². The third-order valence-electron chi connectivity index (χ3n) is 8.78. The number of carboxylic acids is 1. The second-order valence-electron chi connectivity index (χ2n) is 15.1. The lowest BCUT2D eigenvalue weighted by atomic mass is 9.82. The number of ether oxygens (including phenoxy) is 2. The van der Waals surface area contributed by atoms with E-state index < -0.39 is 17.7 Å². The van der Waals surface area contributed by atoms with Crippen LogP contribution < -0.4 is 4.90 Å². The van der Waals surface area contributed by atoms with Crippen molar-refractivity contribution < 1.29 is 33.8 Å². The van der Waals surface area contributed by atoms with E-state index in [2.05, 4.69) is 18.8 Å². The molecule has 0 aromatic carbocycles. The topological polar surface area (TPSA) is 117 Å². The minimum absolute atomic E-state index is 0.0275. The van der Waals surface area contributed by atoms with Crippen molar-refractivity contribution in [3.63, 3.8) is 0 Å². The number of carbonyl (C=O) groups is 4. The van der Waals surface area contributed by atoms with Gasteiger partial charge in [0.05, 0.1) is 10.6 Å². The van der Waals surface area contributed by atoms with Crippen LogP contribution in [0.2, 0.25) is 0 Å². The summed E-state index contributed by atoms with van der Waals surface area (Å²) in [5.41, 5.74) is -0.404. The Morgan fingerprint density at radius 3 is 1.98 bits per heavy atom. The first-order valence-corrected chi connectivity index (χ1v) is 17.5. The molecule has 2 aliphatic heterocycles. The van der Waals surface area contributed by atoms with Crippen molar-refractivity contribution in [2.24, 2.45) is 17.3 Å². The van der Waals surface area contributed by atoms with Crippen LogP contribution in [0.4, 0.5) is 15.3 Å². The molecule has 0 spiro atoms. The van der Waals surface area contributed by atoms with Gasteiger partial charge in [-0.1, -0.05) is 18.8 Å². The number of piperidine rings is 2. The Morgan fingerprint density at radius 2 is 1.43 bits per heavy atom. The number of nitrogens with zero attached hydrogens (tertiary/aromatic N) is 3. The molecule has 0 atom stereocenters. The molecular weight excluding hydrogens is 606 g/mol. The van der Waals surface area contributed by atoms with Gasteiger partial charge in [0.15, 0.2) is 0 Å². The molecule has 1 aromatic heterocycles. The number of carbonyl (C=O) groups excluding carboxylic acids is 3. The van der Waals surface area contributed by atoms with Gasteiger partial charge >= 0.3 is 18.2 Å². The molecule has 254 valence electrons. The number of aromatic carboxylic acids is 1. The summed E-state index contributed by atoms with van der Waals surface area (Å²) >= 11 is 1.11. The van der Waals surface area contributed by atoms with E-state index in [0.717, 1.165) is 37.0 Å². The summed E-state index contributed by atoms with van der Waals surface area (Å²) in [5.74, 6) is 5.63. The molecule has 3 heterocycles. The maximum atomic E-state index is 14.2. The van der Waals surface area contributed by atoms with Crippen molar-refractivity contribution in [3.8, 4) is 11.8 Å². The van der Waals surface area contributed by atoms with Gasteiger partial charge in [-0.05, 0) is 92.1 Å². The fourth-order valence-corrected chi connectivity index (χ4v) is 7.07. The van der Waals surface area contributed by atoms with Gasteiger partial charge < -0.3 is 29.3 Å². The Bertz CT molecular complexity index is 1320. The number of carboxylic acid groups (broad SMARTS) is 1. The van der Waals surface area contributed by atoms with Gasteiger partial charge in [0.2, 0.25) is 5.91 Å². The van der Waals surface area contributed by atoms with Crippen LogP contribution in [0.3, 0.4) is 0 Å². The first-order valence-electron chi connectivity index (χ1n) is 16.7. The summed E-state index contributed by atoms with van der Waals surface area (Å²) in [6.07, 6.45) is 4.60. The summed E-state index contributed by atoms with van der Waals surface area (Å²) in [5, 5.41) is 10.2. The van der Waals surface area contributed by atoms with Crippen molar-refractivity contribution in [1.82, 2.24) is 9.80 Å². The van der Waals surface area contributed by atoms with E-state index in [1.807, 2.05) is 41.5 Å². The highest BCUT2D eigenvalue weighted by molar-refractivity contribution is 7.15. The molecule has 3 fully saturated rings. The molecule has 4 rings (SSSR count). The van der Waals surface area contributed by atoms with Crippen LogP contribution in [0.5, 0.6) is 0 Å². The third-order valence-corrected chi connectivity index (χ3v) is 9.81. The van der Waals surface area contributed by atoms with E-state index in [0.29, 0.717) is 68.3 Å². The first kappa shape index (κ1) is 35.6. The summed E-state index contributed by atoms with van der Waals surface area (Å²) in [4.78, 5) is 58.0. The standard InChI is InChI=1S/C35H51N3O7S/c1-23-8-10-24(11-9-23)30(39)38(28-22-27(12-17-34(2,3)4)46-29(28)31(40)41)25-13-18-36(19-14-25)32(42)44-26-15-20-37(21-16-26)33(43)45-35(5,6)7/h22-26H,8-11,13-16,18-21H2,1-7H3,(H,40,41)/t23-,24-. The zero-order valence-corrected chi connectivity index (χ0v) is 29.3. The number of anilines is 1. The maximum Gasteiger partial charge on any atom is 0.410 e. The molecular formula is C35H51N3O7S. The van der Waals surface area contributed by atoms with Gasteiger partial charge in [-0.3, -0.25) is 4.79 Å². The van der Waals surface area contributed by atoms with E-state index in [9.17, 15) is 24.3 Å². The van der Waals surface area contributed by atoms with Crippen molar-refractivity contribution in [1.29, 1.82) is 0 Å². The molecule has 3 aliphatic rings. The maximum absolute atomic E-state index is 14.2. The van der Waals surface area contributed by atoms with Gasteiger partial charge in [-0.2, -0.15) is 0 Å². The molecule has 1 saturated carbocycles. The molecule has 0 unspecified atom stereocenters. The highest BCUT2D eigenvalue weighted by atomic mass is 32.1. The van der Waals surface area contributed by atoms with E-state index in [1.165, 1.54) is 0 Å². The minimum atomic E-state index is -1.07. The molecule has 2 saturated heterocycles. The lowest BCUT2D eigenvalue weighted by molar-refractivity contribution is -0.124. The molecule has 46 heavy (non-hydrogen) atoms. The average Bonchev–Trinajstić information content (AvgIpc) is 3.40. The quantitative estimate of drug-likeness (QED) is 0.339. The van der Waals surface area contributed by atoms with Crippen LogP contribution in [-0.4, -0.2) is 82.9 Å². The van der Waals surface area contributed by atoms with E-state index in [1.54, 1.807) is 20.8 Å². The molecule has 1 aliphatic carbocycles.